The SMILES string of the molecule is NCC1CCNC1c1ccc2c(c1)OCO2. The zero-order valence-corrected chi connectivity index (χ0v) is 9.11. The molecule has 2 aliphatic heterocycles. The first kappa shape index (κ1) is 9.93. The van der Waals surface area contributed by atoms with E-state index in [1.165, 1.54) is 5.56 Å². The normalized spacial score (nSPS) is 27.3. The molecule has 0 aromatic heterocycles. The first-order chi connectivity index (χ1) is 7.88. The van der Waals surface area contributed by atoms with Crippen LogP contribution in [0, 0.1) is 5.92 Å². The second kappa shape index (κ2) is 3.96. The first-order valence-electron chi connectivity index (χ1n) is 5.71. The van der Waals surface area contributed by atoms with E-state index in [1.54, 1.807) is 0 Å². The van der Waals surface area contributed by atoms with E-state index >= 15 is 0 Å². The highest BCUT2D eigenvalue weighted by molar-refractivity contribution is 5.45. The average molecular weight is 220 g/mol. The van der Waals surface area contributed by atoms with Crippen LogP contribution in [0.5, 0.6) is 11.5 Å². The number of hydrogen-bond donors (Lipinski definition) is 2. The minimum absolute atomic E-state index is 0.331. The van der Waals surface area contributed by atoms with Crippen molar-refractivity contribution in [2.24, 2.45) is 11.7 Å². The molecular formula is C12H16N2O2. The van der Waals surface area contributed by atoms with Gasteiger partial charge in [-0.2, -0.15) is 0 Å². The van der Waals surface area contributed by atoms with Crippen LogP contribution in [-0.4, -0.2) is 19.9 Å². The molecule has 4 heteroatoms. The van der Waals surface area contributed by atoms with Gasteiger partial charge in [-0.05, 0) is 43.1 Å². The van der Waals surface area contributed by atoms with Crippen LogP contribution in [0.2, 0.25) is 0 Å². The number of fused-ring (bicyclic) bond motifs is 1. The van der Waals surface area contributed by atoms with Crippen molar-refractivity contribution in [2.45, 2.75) is 12.5 Å². The van der Waals surface area contributed by atoms with Gasteiger partial charge < -0.3 is 20.5 Å². The Morgan fingerprint density at radius 2 is 2.19 bits per heavy atom. The van der Waals surface area contributed by atoms with E-state index in [0.717, 1.165) is 31.0 Å². The van der Waals surface area contributed by atoms with Crippen LogP contribution in [-0.2, 0) is 0 Å². The molecule has 0 saturated carbocycles. The maximum absolute atomic E-state index is 5.78. The maximum Gasteiger partial charge on any atom is 0.231 e. The van der Waals surface area contributed by atoms with E-state index in [2.05, 4.69) is 17.4 Å². The Balaban J connectivity index is 1.89. The molecule has 0 amide bonds. The highest BCUT2D eigenvalue weighted by Crippen LogP contribution is 2.37. The molecular weight excluding hydrogens is 204 g/mol. The third-order valence-corrected chi connectivity index (χ3v) is 3.41. The van der Waals surface area contributed by atoms with Gasteiger partial charge in [0, 0.05) is 6.04 Å². The van der Waals surface area contributed by atoms with Gasteiger partial charge in [-0.1, -0.05) is 6.07 Å². The van der Waals surface area contributed by atoms with Gasteiger partial charge in [0.2, 0.25) is 6.79 Å². The van der Waals surface area contributed by atoms with Crippen molar-refractivity contribution in [2.75, 3.05) is 19.9 Å². The third kappa shape index (κ3) is 1.54. The van der Waals surface area contributed by atoms with E-state index in [0.29, 0.717) is 18.8 Å². The van der Waals surface area contributed by atoms with Crippen molar-refractivity contribution in [3.8, 4) is 11.5 Å². The summed E-state index contributed by atoms with van der Waals surface area (Å²) in [5.74, 6) is 2.22. The van der Waals surface area contributed by atoms with Crippen LogP contribution in [0.15, 0.2) is 18.2 Å². The minimum atomic E-state index is 0.331. The molecule has 0 radical (unpaired) electrons. The van der Waals surface area contributed by atoms with E-state index < -0.39 is 0 Å². The van der Waals surface area contributed by atoms with Crippen molar-refractivity contribution in [1.82, 2.24) is 5.32 Å². The Morgan fingerprint density at radius 1 is 1.31 bits per heavy atom. The van der Waals surface area contributed by atoms with Crippen molar-refractivity contribution in [1.29, 1.82) is 0 Å². The maximum atomic E-state index is 5.78. The van der Waals surface area contributed by atoms with Gasteiger partial charge in [0.05, 0.1) is 0 Å². The topological polar surface area (TPSA) is 56.5 Å². The predicted octanol–water partition coefficient (Wildman–Crippen LogP) is 1.02. The minimum Gasteiger partial charge on any atom is -0.454 e. The van der Waals surface area contributed by atoms with Gasteiger partial charge in [0.1, 0.15) is 0 Å². The summed E-state index contributed by atoms with van der Waals surface area (Å²) >= 11 is 0. The van der Waals surface area contributed by atoms with E-state index in [4.69, 9.17) is 15.2 Å². The Bertz CT molecular complexity index is 395. The lowest BCUT2D eigenvalue weighted by atomic mass is 9.94. The standard InChI is InChI=1S/C12H16N2O2/c13-6-9-3-4-14-12(9)8-1-2-10-11(5-8)16-7-15-10/h1-2,5,9,12,14H,3-4,6-7,13H2. The molecule has 0 aliphatic carbocycles. The Labute approximate surface area is 94.7 Å². The lowest BCUT2D eigenvalue weighted by Crippen LogP contribution is -2.23. The molecule has 1 fully saturated rings. The lowest BCUT2D eigenvalue weighted by Gasteiger charge is -2.18. The first-order valence-corrected chi connectivity index (χ1v) is 5.71. The van der Waals surface area contributed by atoms with Gasteiger partial charge >= 0.3 is 0 Å². The molecule has 2 atom stereocenters. The summed E-state index contributed by atoms with van der Waals surface area (Å²) in [6, 6.07) is 6.50. The van der Waals surface area contributed by atoms with E-state index in [-0.39, 0.29) is 0 Å². The predicted molar refractivity (Wildman–Crippen MR) is 60.5 cm³/mol. The molecule has 16 heavy (non-hydrogen) atoms. The summed E-state index contributed by atoms with van der Waals surface area (Å²) in [6.45, 7) is 2.10. The Hall–Kier alpha value is -1.26. The van der Waals surface area contributed by atoms with Crippen LogP contribution >= 0.6 is 0 Å². The molecule has 2 aliphatic rings. The molecule has 86 valence electrons. The largest absolute Gasteiger partial charge is 0.454 e. The number of hydrogen-bond acceptors (Lipinski definition) is 4. The quantitative estimate of drug-likeness (QED) is 0.781. The van der Waals surface area contributed by atoms with Crippen LogP contribution in [0.4, 0.5) is 0 Å². The molecule has 3 rings (SSSR count). The molecule has 3 N–H and O–H groups in total. The second-order valence-corrected chi connectivity index (χ2v) is 4.33. The summed E-state index contributed by atoms with van der Waals surface area (Å²) < 4.78 is 10.7. The number of nitrogens with one attached hydrogen (secondary N) is 1. The summed E-state index contributed by atoms with van der Waals surface area (Å²) in [5.41, 5.74) is 7.03. The summed E-state index contributed by atoms with van der Waals surface area (Å²) in [7, 11) is 0. The molecule has 1 aromatic rings. The fourth-order valence-electron chi connectivity index (χ4n) is 2.51. The Kier molecular flexibility index (Phi) is 2.46. The smallest absolute Gasteiger partial charge is 0.231 e. The highest BCUT2D eigenvalue weighted by Gasteiger charge is 2.28. The number of nitrogens with two attached hydrogens (primary N) is 1. The van der Waals surface area contributed by atoms with E-state index in [9.17, 15) is 0 Å². The molecule has 1 saturated heterocycles. The van der Waals surface area contributed by atoms with E-state index in [1.807, 2.05) is 6.07 Å². The van der Waals surface area contributed by atoms with Gasteiger partial charge in [0.15, 0.2) is 11.5 Å². The van der Waals surface area contributed by atoms with Gasteiger partial charge in [-0.25, -0.2) is 0 Å². The highest BCUT2D eigenvalue weighted by atomic mass is 16.7. The number of ether oxygens (including phenoxy) is 2. The number of rotatable bonds is 2. The van der Waals surface area contributed by atoms with Gasteiger partial charge in [-0.3, -0.25) is 0 Å². The summed E-state index contributed by atoms with van der Waals surface area (Å²) in [5, 5.41) is 3.49. The molecule has 0 bridgehead atoms. The summed E-state index contributed by atoms with van der Waals surface area (Å²) in [4.78, 5) is 0. The zero-order chi connectivity index (χ0) is 11.0. The van der Waals surface area contributed by atoms with Crippen molar-refractivity contribution < 1.29 is 9.47 Å². The molecule has 4 nitrogen and oxygen atoms in total. The van der Waals surface area contributed by atoms with Crippen LogP contribution in [0.3, 0.4) is 0 Å². The third-order valence-electron chi connectivity index (χ3n) is 3.41. The van der Waals surface area contributed by atoms with Crippen molar-refractivity contribution in [3.63, 3.8) is 0 Å². The fraction of sp³-hybridized carbons (Fsp3) is 0.500. The molecule has 0 spiro atoms. The van der Waals surface area contributed by atoms with Crippen molar-refractivity contribution in [3.05, 3.63) is 23.8 Å². The summed E-state index contributed by atoms with van der Waals surface area (Å²) in [6.07, 6.45) is 1.15. The monoisotopic (exact) mass is 220 g/mol. The Morgan fingerprint density at radius 3 is 3.06 bits per heavy atom. The molecule has 1 aromatic carbocycles. The molecule has 2 unspecified atom stereocenters. The van der Waals surface area contributed by atoms with Crippen LogP contribution < -0.4 is 20.5 Å². The average Bonchev–Trinajstić information content (AvgIpc) is 2.96. The van der Waals surface area contributed by atoms with Crippen LogP contribution in [0.1, 0.15) is 18.0 Å². The lowest BCUT2D eigenvalue weighted by molar-refractivity contribution is 0.174. The zero-order valence-electron chi connectivity index (χ0n) is 9.11. The van der Waals surface area contributed by atoms with Gasteiger partial charge in [0.25, 0.3) is 0 Å². The fourth-order valence-corrected chi connectivity index (χ4v) is 2.51. The molecule has 2 heterocycles. The van der Waals surface area contributed by atoms with Crippen LogP contribution in [0.25, 0.3) is 0 Å². The van der Waals surface area contributed by atoms with Crippen molar-refractivity contribution >= 4 is 0 Å². The number of benzene rings is 1. The second-order valence-electron chi connectivity index (χ2n) is 4.33. The van der Waals surface area contributed by atoms with Gasteiger partial charge in [-0.15, -0.1) is 0 Å².